The summed E-state index contributed by atoms with van der Waals surface area (Å²) < 4.78 is 1.39. The van der Waals surface area contributed by atoms with Crippen molar-refractivity contribution >= 4 is 11.5 Å². The van der Waals surface area contributed by atoms with Crippen LogP contribution in [-0.4, -0.2) is 16.1 Å². The van der Waals surface area contributed by atoms with E-state index in [1.54, 1.807) is 0 Å². The summed E-state index contributed by atoms with van der Waals surface area (Å²) in [5.41, 5.74) is 5.23. The second-order valence-electron chi connectivity index (χ2n) is 4.45. The molecule has 0 atom stereocenters. The highest BCUT2D eigenvalue weighted by atomic mass is 16.2. The first kappa shape index (κ1) is 13.3. The van der Waals surface area contributed by atoms with Gasteiger partial charge in [-0.2, -0.15) is 0 Å². The van der Waals surface area contributed by atoms with Gasteiger partial charge in [0.25, 0.3) is 5.56 Å². The van der Waals surface area contributed by atoms with Crippen molar-refractivity contribution in [1.29, 1.82) is 0 Å². The average Bonchev–Trinajstić information content (AvgIpc) is 2.23. The van der Waals surface area contributed by atoms with Gasteiger partial charge in [-0.25, -0.2) is 4.79 Å². The van der Waals surface area contributed by atoms with Gasteiger partial charge in [0.1, 0.15) is 11.5 Å². The van der Waals surface area contributed by atoms with Crippen molar-refractivity contribution < 1.29 is 0 Å². The van der Waals surface area contributed by atoms with Crippen molar-refractivity contribution in [3.63, 3.8) is 0 Å². The zero-order valence-corrected chi connectivity index (χ0v) is 10.5. The van der Waals surface area contributed by atoms with E-state index in [0.29, 0.717) is 13.1 Å². The first-order chi connectivity index (χ1) is 7.97. The Bertz CT molecular complexity index is 487. The number of hydrogen-bond donors (Lipinski definition) is 3. The van der Waals surface area contributed by atoms with Crippen LogP contribution in [0.15, 0.2) is 9.59 Å². The van der Waals surface area contributed by atoms with Crippen LogP contribution in [0.2, 0.25) is 0 Å². The van der Waals surface area contributed by atoms with Crippen LogP contribution in [0.1, 0.15) is 27.2 Å². The lowest BCUT2D eigenvalue weighted by molar-refractivity contribution is 0.508. The quantitative estimate of drug-likeness (QED) is 0.702. The maximum atomic E-state index is 11.6. The molecule has 0 unspecified atom stereocenters. The highest BCUT2D eigenvalue weighted by Gasteiger charge is 2.12. The third-order valence-corrected chi connectivity index (χ3v) is 2.34. The topological polar surface area (TPSA) is 92.9 Å². The fourth-order valence-corrected chi connectivity index (χ4v) is 1.56. The molecule has 0 aliphatic carbocycles. The van der Waals surface area contributed by atoms with E-state index in [1.165, 1.54) is 4.57 Å². The van der Waals surface area contributed by atoms with Gasteiger partial charge < -0.3 is 11.1 Å². The highest BCUT2D eigenvalue weighted by Crippen LogP contribution is 2.11. The van der Waals surface area contributed by atoms with Gasteiger partial charge in [-0.15, -0.1) is 0 Å². The van der Waals surface area contributed by atoms with E-state index in [-0.39, 0.29) is 17.4 Å². The Hall–Kier alpha value is -1.72. The summed E-state index contributed by atoms with van der Waals surface area (Å²) in [4.78, 5) is 25.5. The average molecular weight is 240 g/mol. The molecule has 0 amide bonds. The number of H-pyrrole nitrogens is 1. The number of nitrogens with one attached hydrogen (secondary N) is 2. The Kier molecular flexibility index (Phi) is 4.37. The lowest BCUT2D eigenvalue weighted by Gasteiger charge is -2.14. The highest BCUT2D eigenvalue weighted by molar-refractivity contribution is 5.60. The van der Waals surface area contributed by atoms with Crippen LogP contribution >= 0.6 is 0 Å². The summed E-state index contributed by atoms with van der Waals surface area (Å²) in [7, 11) is 0. The van der Waals surface area contributed by atoms with E-state index in [9.17, 15) is 9.59 Å². The molecule has 0 radical (unpaired) electrons. The Morgan fingerprint density at radius 2 is 2.06 bits per heavy atom. The third kappa shape index (κ3) is 3.12. The zero-order chi connectivity index (χ0) is 13.0. The third-order valence-electron chi connectivity index (χ3n) is 2.34. The number of nitrogens with zero attached hydrogens (tertiary/aromatic N) is 1. The maximum absolute atomic E-state index is 11.6. The molecule has 1 aromatic rings. The molecular weight excluding hydrogens is 220 g/mol. The molecule has 0 aliphatic rings. The first-order valence-corrected chi connectivity index (χ1v) is 5.83. The fourth-order valence-electron chi connectivity index (χ4n) is 1.56. The Balaban J connectivity index is 3.23. The molecule has 0 spiro atoms. The maximum Gasteiger partial charge on any atom is 0.330 e. The van der Waals surface area contributed by atoms with Crippen LogP contribution in [0.25, 0.3) is 0 Å². The zero-order valence-electron chi connectivity index (χ0n) is 10.5. The molecule has 6 heteroatoms. The van der Waals surface area contributed by atoms with Gasteiger partial charge in [-0.05, 0) is 12.3 Å². The van der Waals surface area contributed by atoms with E-state index in [0.717, 1.165) is 6.42 Å². The van der Waals surface area contributed by atoms with Crippen molar-refractivity contribution in [2.24, 2.45) is 5.92 Å². The molecule has 0 aliphatic heterocycles. The first-order valence-electron chi connectivity index (χ1n) is 5.83. The molecular formula is C11H20N4O2. The van der Waals surface area contributed by atoms with E-state index in [1.807, 2.05) is 20.8 Å². The molecule has 0 saturated carbocycles. The fraction of sp³-hybridized carbons (Fsp3) is 0.636. The molecule has 0 aromatic carbocycles. The SMILES string of the molecule is CCCNc1c(N)n(CC(C)C)c(=O)[nH]c1=O. The van der Waals surface area contributed by atoms with Crippen LogP contribution < -0.4 is 22.3 Å². The van der Waals surface area contributed by atoms with Crippen LogP contribution in [0.5, 0.6) is 0 Å². The van der Waals surface area contributed by atoms with Gasteiger partial charge in [-0.3, -0.25) is 14.3 Å². The van der Waals surface area contributed by atoms with Crippen LogP contribution in [0.3, 0.4) is 0 Å². The van der Waals surface area contributed by atoms with Crippen molar-refractivity contribution in [2.45, 2.75) is 33.7 Å². The van der Waals surface area contributed by atoms with Gasteiger partial charge in [-0.1, -0.05) is 20.8 Å². The summed E-state index contributed by atoms with van der Waals surface area (Å²) >= 11 is 0. The largest absolute Gasteiger partial charge is 0.383 e. The summed E-state index contributed by atoms with van der Waals surface area (Å²) in [6.45, 7) is 7.09. The number of hydrogen-bond acceptors (Lipinski definition) is 4. The second-order valence-corrected chi connectivity index (χ2v) is 4.45. The number of anilines is 2. The van der Waals surface area contributed by atoms with Crippen molar-refractivity contribution in [2.75, 3.05) is 17.6 Å². The molecule has 1 aromatic heterocycles. The Labute approximate surface area is 99.8 Å². The number of aromatic nitrogens is 2. The summed E-state index contributed by atoms with van der Waals surface area (Å²) in [6, 6.07) is 0. The minimum atomic E-state index is -0.457. The van der Waals surface area contributed by atoms with E-state index < -0.39 is 11.2 Å². The monoisotopic (exact) mass is 240 g/mol. The summed E-state index contributed by atoms with van der Waals surface area (Å²) in [6.07, 6.45) is 0.877. The molecule has 0 saturated heterocycles. The van der Waals surface area contributed by atoms with E-state index in [2.05, 4.69) is 10.3 Å². The van der Waals surface area contributed by atoms with Gasteiger partial charge in [0, 0.05) is 13.1 Å². The normalized spacial score (nSPS) is 10.8. The lowest BCUT2D eigenvalue weighted by atomic mass is 10.2. The minimum Gasteiger partial charge on any atom is -0.383 e. The molecule has 0 bridgehead atoms. The minimum absolute atomic E-state index is 0.209. The van der Waals surface area contributed by atoms with Gasteiger partial charge in [0.05, 0.1) is 0 Å². The standard InChI is InChI=1S/C11H20N4O2/c1-4-5-13-8-9(12)15(6-7(2)3)11(17)14-10(8)16/h7,13H,4-6,12H2,1-3H3,(H,14,16,17). The second kappa shape index (κ2) is 5.56. The molecule has 0 fully saturated rings. The van der Waals surface area contributed by atoms with Crippen LogP contribution in [-0.2, 0) is 6.54 Å². The molecule has 1 rings (SSSR count). The summed E-state index contributed by atoms with van der Waals surface area (Å²) in [5.74, 6) is 0.487. The van der Waals surface area contributed by atoms with Gasteiger partial charge >= 0.3 is 5.69 Å². The molecule has 96 valence electrons. The Morgan fingerprint density at radius 3 is 2.59 bits per heavy atom. The Morgan fingerprint density at radius 1 is 1.41 bits per heavy atom. The molecule has 6 nitrogen and oxygen atoms in total. The summed E-state index contributed by atoms with van der Waals surface area (Å²) in [5, 5.41) is 2.94. The number of rotatable bonds is 5. The lowest BCUT2D eigenvalue weighted by Crippen LogP contribution is -2.35. The van der Waals surface area contributed by atoms with Crippen LogP contribution in [0.4, 0.5) is 11.5 Å². The van der Waals surface area contributed by atoms with Crippen molar-refractivity contribution in [1.82, 2.24) is 9.55 Å². The number of nitrogen functional groups attached to an aromatic ring is 1. The van der Waals surface area contributed by atoms with Gasteiger partial charge in [0.2, 0.25) is 0 Å². The van der Waals surface area contributed by atoms with E-state index in [4.69, 9.17) is 5.73 Å². The molecule has 17 heavy (non-hydrogen) atoms. The van der Waals surface area contributed by atoms with Crippen molar-refractivity contribution in [3.05, 3.63) is 20.8 Å². The smallest absolute Gasteiger partial charge is 0.330 e. The molecule has 1 heterocycles. The number of nitrogens with two attached hydrogens (primary N) is 1. The number of aromatic amines is 1. The predicted octanol–water partition coefficient (Wildman–Crippen LogP) is 0.597. The van der Waals surface area contributed by atoms with Crippen molar-refractivity contribution in [3.8, 4) is 0 Å². The molecule has 4 N–H and O–H groups in total. The predicted molar refractivity (Wildman–Crippen MR) is 69.4 cm³/mol. The van der Waals surface area contributed by atoms with Crippen LogP contribution in [0, 0.1) is 5.92 Å². The van der Waals surface area contributed by atoms with E-state index >= 15 is 0 Å². The van der Waals surface area contributed by atoms with Gasteiger partial charge in [0.15, 0.2) is 0 Å².